The van der Waals surface area contributed by atoms with E-state index in [2.05, 4.69) is 10.1 Å². The second-order valence-corrected chi connectivity index (χ2v) is 10.7. The van der Waals surface area contributed by atoms with Gasteiger partial charge in [0.2, 0.25) is 10.0 Å². The largest absolute Gasteiger partial charge is 0.455 e. The first-order chi connectivity index (χ1) is 13.7. The van der Waals surface area contributed by atoms with Gasteiger partial charge in [-0.05, 0) is 24.6 Å². The van der Waals surface area contributed by atoms with Crippen LogP contribution in [-0.2, 0) is 40.4 Å². The number of carbonyl (C=O) groups is 2. The van der Waals surface area contributed by atoms with Gasteiger partial charge in [0.05, 0.1) is 22.1 Å². The molecule has 1 amide bonds. The lowest BCUT2D eigenvalue weighted by Crippen LogP contribution is -2.39. The van der Waals surface area contributed by atoms with Gasteiger partial charge in [-0.1, -0.05) is 11.6 Å². The summed E-state index contributed by atoms with van der Waals surface area (Å²) in [5.74, 6) is -2.27. The van der Waals surface area contributed by atoms with Crippen LogP contribution >= 0.6 is 11.6 Å². The van der Waals surface area contributed by atoms with Gasteiger partial charge in [-0.25, -0.2) is 16.8 Å². The summed E-state index contributed by atoms with van der Waals surface area (Å²) in [7, 11) is -7.81. The van der Waals surface area contributed by atoms with Gasteiger partial charge in [0.15, 0.2) is 16.4 Å². The van der Waals surface area contributed by atoms with E-state index in [0.717, 1.165) is 6.07 Å². The number of halogens is 4. The van der Waals surface area contributed by atoms with Crippen LogP contribution in [0.3, 0.4) is 0 Å². The molecule has 9 nitrogen and oxygen atoms in total. The highest BCUT2D eigenvalue weighted by Crippen LogP contribution is 2.33. The van der Waals surface area contributed by atoms with Crippen LogP contribution in [0.25, 0.3) is 0 Å². The molecule has 0 saturated carbocycles. The average molecular weight is 493 g/mol. The third kappa shape index (κ3) is 6.82. The number of ether oxygens (including phenoxy) is 1. The molecule has 0 bridgehead atoms. The molecule has 1 aromatic rings. The first-order valence-corrected chi connectivity index (χ1v) is 11.9. The Bertz CT molecular complexity index is 1040. The van der Waals surface area contributed by atoms with Crippen LogP contribution in [0.2, 0.25) is 5.02 Å². The van der Waals surface area contributed by atoms with Gasteiger partial charge in [-0.3, -0.25) is 9.59 Å². The fourth-order valence-electron chi connectivity index (χ4n) is 2.49. The summed E-state index contributed by atoms with van der Waals surface area (Å²) in [4.78, 5) is 22.4. The van der Waals surface area contributed by atoms with Gasteiger partial charge in [-0.2, -0.15) is 17.9 Å². The maximum atomic E-state index is 12.8. The minimum absolute atomic E-state index is 0.0718. The fourth-order valence-corrected chi connectivity index (χ4v) is 5.66. The number of sulfone groups is 1. The lowest BCUT2D eigenvalue weighted by Gasteiger charge is -2.12. The molecule has 0 aromatic heterocycles. The smallest absolute Gasteiger partial charge is 0.416 e. The molecule has 1 aromatic carbocycles. The van der Waals surface area contributed by atoms with Crippen molar-refractivity contribution in [3.8, 4) is 0 Å². The zero-order valence-electron chi connectivity index (χ0n) is 15.0. The summed E-state index contributed by atoms with van der Waals surface area (Å²) < 4.78 is 91.5. The fraction of sp³-hybridized carbons (Fsp3) is 0.467. The zero-order chi connectivity index (χ0) is 22.7. The van der Waals surface area contributed by atoms with Gasteiger partial charge < -0.3 is 10.1 Å². The Labute approximate surface area is 174 Å². The lowest BCUT2D eigenvalue weighted by molar-refractivity contribution is -0.147. The number of alkyl halides is 3. The molecule has 1 unspecified atom stereocenters. The maximum Gasteiger partial charge on any atom is 0.416 e. The number of rotatable bonds is 7. The first-order valence-electron chi connectivity index (χ1n) is 8.21. The molecule has 0 aliphatic carbocycles. The van der Waals surface area contributed by atoms with Crippen molar-refractivity contribution in [1.29, 1.82) is 0 Å². The molecule has 2 rings (SSSR count). The van der Waals surface area contributed by atoms with E-state index in [9.17, 15) is 39.6 Å². The van der Waals surface area contributed by atoms with E-state index < -0.39 is 72.6 Å². The summed E-state index contributed by atoms with van der Waals surface area (Å²) in [6.45, 7) is -1.76. The molecule has 0 radical (unpaired) electrons. The highest BCUT2D eigenvalue weighted by molar-refractivity contribution is 7.91. The van der Waals surface area contributed by atoms with Gasteiger partial charge in [0, 0.05) is 6.04 Å². The van der Waals surface area contributed by atoms with E-state index in [4.69, 9.17) is 11.6 Å². The lowest BCUT2D eigenvalue weighted by atomic mass is 10.2. The predicted molar refractivity (Wildman–Crippen MR) is 97.8 cm³/mol. The standard InChI is InChI=1S/C15H16ClF3N2O7S2/c16-11-2-1-9(15(17,18)19)5-12(11)30(26,27)20-6-14(23)28-7-13(22)21-10-3-4-29(24,25)8-10/h1-2,5,10,20H,3-4,6-8H2,(H,21,22). The van der Waals surface area contributed by atoms with Crippen molar-refractivity contribution < 1.29 is 44.3 Å². The number of sulfonamides is 1. The molecule has 1 atom stereocenters. The van der Waals surface area contributed by atoms with Crippen LogP contribution in [0.1, 0.15) is 12.0 Å². The summed E-state index contributed by atoms with van der Waals surface area (Å²) >= 11 is 5.65. The normalized spacial score (nSPS) is 18.7. The molecule has 15 heteroatoms. The molecule has 1 fully saturated rings. The van der Waals surface area contributed by atoms with Gasteiger partial charge in [0.25, 0.3) is 5.91 Å². The van der Waals surface area contributed by atoms with Crippen molar-refractivity contribution in [3.63, 3.8) is 0 Å². The van der Waals surface area contributed by atoms with Crippen LogP contribution in [0, 0.1) is 0 Å². The number of hydrogen-bond donors (Lipinski definition) is 2. The molecular formula is C15H16ClF3N2O7S2. The van der Waals surface area contributed by atoms with Crippen LogP contribution < -0.4 is 10.0 Å². The molecule has 1 heterocycles. The number of esters is 1. The second-order valence-electron chi connectivity index (χ2n) is 6.30. The zero-order valence-corrected chi connectivity index (χ0v) is 17.4. The Morgan fingerprint density at radius 2 is 1.93 bits per heavy atom. The van der Waals surface area contributed by atoms with Gasteiger partial charge in [0.1, 0.15) is 11.4 Å². The minimum Gasteiger partial charge on any atom is -0.455 e. The van der Waals surface area contributed by atoms with Crippen molar-refractivity contribution in [1.82, 2.24) is 10.0 Å². The molecular weight excluding hydrogens is 477 g/mol. The third-order valence-corrected chi connectivity index (χ3v) is 7.57. The Morgan fingerprint density at radius 1 is 1.27 bits per heavy atom. The molecule has 1 aliphatic rings. The number of hydrogen-bond acceptors (Lipinski definition) is 7. The van der Waals surface area contributed by atoms with E-state index in [1.807, 2.05) is 0 Å². The highest BCUT2D eigenvalue weighted by Gasteiger charge is 2.33. The molecule has 0 spiro atoms. The van der Waals surface area contributed by atoms with Crippen LogP contribution in [0.5, 0.6) is 0 Å². The van der Waals surface area contributed by atoms with E-state index >= 15 is 0 Å². The highest BCUT2D eigenvalue weighted by atomic mass is 35.5. The first kappa shape index (κ1) is 24.4. The molecule has 1 saturated heterocycles. The van der Waals surface area contributed by atoms with Crippen LogP contribution in [0.15, 0.2) is 23.1 Å². The topological polar surface area (TPSA) is 136 Å². The van der Waals surface area contributed by atoms with Crippen molar-refractivity contribution in [3.05, 3.63) is 28.8 Å². The van der Waals surface area contributed by atoms with E-state index in [0.29, 0.717) is 12.1 Å². The SMILES string of the molecule is O=C(COC(=O)CNS(=O)(=O)c1cc(C(F)(F)F)ccc1Cl)NC1CCS(=O)(=O)C1. The summed E-state index contributed by atoms with van der Waals surface area (Å²) in [5.41, 5.74) is -1.25. The van der Waals surface area contributed by atoms with E-state index in [1.54, 1.807) is 4.72 Å². The van der Waals surface area contributed by atoms with Crippen molar-refractivity contribution in [2.24, 2.45) is 0 Å². The third-order valence-electron chi connectivity index (χ3n) is 3.92. The van der Waals surface area contributed by atoms with E-state index in [1.165, 1.54) is 0 Å². The maximum absolute atomic E-state index is 12.8. The summed E-state index contributed by atoms with van der Waals surface area (Å²) in [5, 5.41) is 1.87. The monoisotopic (exact) mass is 492 g/mol. The number of nitrogens with one attached hydrogen (secondary N) is 2. The number of amides is 1. The quantitative estimate of drug-likeness (QED) is 0.528. The molecule has 168 valence electrons. The predicted octanol–water partition coefficient (Wildman–Crippen LogP) is 0.484. The average Bonchev–Trinajstić information content (AvgIpc) is 2.95. The summed E-state index contributed by atoms with van der Waals surface area (Å²) in [6.07, 6.45) is -4.58. The number of carbonyl (C=O) groups excluding carboxylic acids is 2. The molecule has 30 heavy (non-hydrogen) atoms. The van der Waals surface area contributed by atoms with Crippen molar-refractivity contribution >= 4 is 43.3 Å². The second kappa shape index (κ2) is 9.08. The molecule has 2 N–H and O–H groups in total. The summed E-state index contributed by atoms with van der Waals surface area (Å²) in [6, 6.07) is 1.07. The minimum atomic E-state index is -4.81. The van der Waals surface area contributed by atoms with E-state index in [-0.39, 0.29) is 17.9 Å². The Morgan fingerprint density at radius 3 is 2.50 bits per heavy atom. The van der Waals surface area contributed by atoms with Crippen LogP contribution in [-0.4, -0.2) is 59.4 Å². The van der Waals surface area contributed by atoms with Crippen molar-refractivity contribution in [2.75, 3.05) is 24.7 Å². The Kier molecular flexibility index (Phi) is 7.37. The molecule has 1 aliphatic heterocycles. The Balaban J connectivity index is 1.89. The van der Waals surface area contributed by atoms with Crippen molar-refractivity contribution in [2.45, 2.75) is 23.5 Å². The van der Waals surface area contributed by atoms with Gasteiger partial charge >= 0.3 is 12.1 Å². The van der Waals surface area contributed by atoms with Gasteiger partial charge in [-0.15, -0.1) is 0 Å². The Hall–Kier alpha value is -1.90. The number of benzene rings is 1. The van der Waals surface area contributed by atoms with Crippen LogP contribution in [0.4, 0.5) is 13.2 Å².